The van der Waals surface area contributed by atoms with Crippen molar-refractivity contribution in [1.82, 2.24) is 5.32 Å². The fourth-order valence-electron chi connectivity index (χ4n) is 3.00. The van der Waals surface area contributed by atoms with E-state index in [-0.39, 0.29) is 6.10 Å². The largest absolute Gasteiger partial charge is 0.493 e. The number of hydrogen-bond donors (Lipinski definition) is 2. The Morgan fingerprint density at radius 3 is 2.38 bits per heavy atom. The lowest BCUT2D eigenvalue weighted by Crippen LogP contribution is -2.55. The van der Waals surface area contributed by atoms with Gasteiger partial charge in [0.05, 0.1) is 13.2 Å². The molecule has 6 heteroatoms. The molecule has 0 spiro atoms. The van der Waals surface area contributed by atoms with Gasteiger partial charge in [0.2, 0.25) is 0 Å². The van der Waals surface area contributed by atoms with Gasteiger partial charge in [-0.15, -0.1) is 0 Å². The van der Waals surface area contributed by atoms with Gasteiger partial charge in [-0.1, -0.05) is 19.3 Å². The monoisotopic (exact) mass is 335 g/mol. The average Bonchev–Trinajstić information content (AvgIpc) is 2.55. The van der Waals surface area contributed by atoms with Gasteiger partial charge < -0.3 is 19.9 Å². The first-order valence-corrected chi connectivity index (χ1v) is 8.28. The highest BCUT2D eigenvalue weighted by molar-refractivity contribution is 5.98. The van der Waals surface area contributed by atoms with Crippen molar-refractivity contribution in [3.05, 3.63) is 23.8 Å². The summed E-state index contributed by atoms with van der Waals surface area (Å²) >= 11 is 0. The number of carbonyl (C=O) groups is 2. The molecule has 2 N–H and O–H groups in total. The molecule has 2 rings (SSSR count). The number of nitrogens with one attached hydrogen (secondary N) is 1. The number of carboxylic acids is 1. The SMILES string of the molecule is COc1cc(C(=O)NC2(C(=O)O)CCCCC2)ccc1OC(C)C. The maximum absolute atomic E-state index is 12.6. The molecule has 1 aromatic carbocycles. The van der Waals surface area contributed by atoms with E-state index in [2.05, 4.69) is 5.32 Å². The van der Waals surface area contributed by atoms with Gasteiger partial charge in [-0.2, -0.15) is 0 Å². The predicted octanol–water partition coefficient (Wildman–Crippen LogP) is 3.00. The van der Waals surface area contributed by atoms with Crippen molar-refractivity contribution in [3.63, 3.8) is 0 Å². The quantitative estimate of drug-likeness (QED) is 0.835. The summed E-state index contributed by atoms with van der Waals surface area (Å²) in [7, 11) is 1.50. The Bertz CT molecular complexity index is 605. The van der Waals surface area contributed by atoms with Crippen molar-refractivity contribution in [2.24, 2.45) is 0 Å². The highest BCUT2D eigenvalue weighted by Crippen LogP contribution is 2.31. The van der Waals surface area contributed by atoms with E-state index in [0.717, 1.165) is 19.3 Å². The topological polar surface area (TPSA) is 84.9 Å². The zero-order chi connectivity index (χ0) is 17.7. The Morgan fingerprint density at radius 2 is 1.83 bits per heavy atom. The van der Waals surface area contributed by atoms with Crippen LogP contribution in [-0.4, -0.2) is 35.7 Å². The molecular formula is C18H25NO5. The van der Waals surface area contributed by atoms with Crippen LogP contribution in [0.4, 0.5) is 0 Å². The molecule has 1 saturated carbocycles. The highest BCUT2D eigenvalue weighted by Gasteiger charge is 2.41. The second-order valence-corrected chi connectivity index (χ2v) is 6.43. The minimum Gasteiger partial charge on any atom is -0.493 e. The van der Waals surface area contributed by atoms with E-state index in [0.29, 0.717) is 29.9 Å². The molecule has 132 valence electrons. The van der Waals surface area contributed by atoms with Crippen molar-refractivity contribution in [1.29, 1.82) is 0 Å². The van der Waals surface area contributed by atoms with Gasteiger partial charge >= 0.3 is 5.97 Å². The number of carboxylic acid groups (broad SMARTS) is 1. The molecule has 0 saturated heterocycles. The smallest absolute Gasteiger partial charge is 0.329 e. The van der Waals surface area contributed by atoms with Gasteiger partial charge in [0.15, 0.2) is 11.5 Å². The lowest BCUT2D eigenvalue weighted by atomic mass is 9.81. The number of methoxy groups -OCH3 is 1. The minimum absolute atomic E-state index is 0.0175. The van der Waals surface area contributed by atoms with Crippen molar-refractivity contribution in [2.75, 3.05) is 7.11 Å². The molecule has 1 aromatic rings. The number of aliphatic carboxylic acids is 1. The van der Waals surface area contributed by atoms with E-state index in [4.69, 9.17) is 9.47 Å². The number of ether oxygens (including phenoxy) is 2. The minimum atomic E-state index is -1.17. The van der Waals surface area contributed by atoms with Crippen molar-refractivity contribution in [3.8, 4) is 11.5 Å². The van der Waals surface area contributed by atoms with E-state index in [1.807, 2.05) is 13.8 Å². The second-order valence-electron chi connectivity index (χ2n) is 6.43. The first-order valence-electron chi connectivity index (χ1n) is 8.28. The summed E-state index contributed by atoms with van der Waals surface area (Å²) in [6.07, 6.45) is 3.50. The molecule has 0 aromatic heterocycles. The summed E-state index contributed by atoms with van der Waals surface area (Å²) in [5.41, 5.74) is -0.815. The molecule has 0 radical (unpaired) electrons. The normalized spacial score (nSPS) is 16.5. The zero-order valence-corrected chi connectivity index (χ0v) is 14.4. The van der Waals surface area contributed by atoms with E-state index in [9.17, 15) is 14.7 Å². The first kappa shape index (κ1) is 18.1. The van der Waals surface area contributed by atoms with Gasteiger partial charge in [-0.25, -0.2) is 4.79 Å². The van der Waals surface area contributed by atoms with Gasteiger partial charge in [-0.3, -0.25) is 4.79 Å². The Labute approximate surface area is 142 Å². The summed E-state index contributed by atoms with van der Waals surface area (Å²) in [4.78, 5) is 24.2. The van der Waals surface area contributed by atoms with Crippen LogP contribution in [-0.2, 0) is 4.79 Å². The van der Waals surface area contributed by atoms with Crippen molar-refractivity contribution >= 4 is 11.9 Å². The van der Waals surface area contributed by atoms with Crippen LogP contribution in [0.2, 0.25) is 0 Å². The Balaban J connectivity index is 2.21. The number of amides is 1. The summed E-state index contributed by atoms with van der Waals surface area (Å²) in [6, 6.07) is 4.86. The van der Waals surface area contributed by atoms with Crippen molar-refractivity contribution in [2.45, 2.75) is 57.6 Å². The van der Waals surface area contributed by atoms with E-state index >= 15 is 0 Å². The van der Waals surface area contributed by atoms with Gasteiger partial charge in [0.25, 0.3) is 5.91 Å². The third-order valence-corrected chi connectivity index (χ3v) is 4.26. The van der Waals surface area contributed by atoms with Crippen LogP contribution in [0.25, 0.3) is 0 Å². The van der Waals surface area contributed by atoms with Gasteiger partial charge in [0, 0.05) is 5.56 Å². The zero-order valence-electron chi connectivity index (χ0n) is 14.4. The van der Waals surface area contributed by atoms with Crippen LogP contribution in [0, 0.1) is 0 Å². The summed E-state index contributed by atoms with van der Waals surface area (Å²) < 4.78 is 10.9. The average molecular weight is 335 g/mol. The molecule has 1 aliphatic rings. The Hall–Kier alpha value is -2.24. The van der Waals surface area contributed by atoms with Crippen LogP contribution in [0.1, 0.15) is 56.3 Å². The predicted molar refractivity (Wildman–Crippen MR) is 89.7 cm³/mol. The summed E-state index contributed by atoms with van der Waals surface area (Å²) in [6.45, 7) is 3.81. The third kappa shape index (κ3) is 3.99. The fraction of sp³-hybridized carbons (Fsp3) is 0.556. The number of hydrogen-bond acceptors (Lipinski definition) is 4. The van der Waals surface area contributed by atoms with Crippen LogP contribution >= 0.6 is 0 Å². The fourth-order valence-corrected chi connectivity index (χ4v) is 3.00. The number of carbonyl (C=O) groups excluding carboxylic acids is 1. The van der Waals surface area contributed by atoms with E-state index < -0.39 is 17.4 Å². The Morgan fingerprint density at radius 1 is 1.17 bits per heavy atom. The maximum atomic E-state index is 12.6. The van der Waals surface area contributed by atoms with Crippen LogP contribution < -0.4 is 14.8 Å². The molecule has 1 fully saturated rings. The van der Waals surface area contributed by atoms with Crippen LogP contribution in [0.3, 0.4) is 0 Å². The van der Waals surface area contributed by atoms with Gasteiger partial charge in [-0.05, 0) is 44.9 Å². The van der Waals surface area contributed by atoms with Crippen molar-refractivity contribution < 1.29 is 24.2 Å². The lowest BCUT2D eigenvalue weighted by molar-refractivity contribution is -0.145. The van der Waals surface area contributed by atoms with Crippen LogP contribution in [0.5, 0.6) is 11.5 Å². The Kier molecular flexibility index (Phi) is 5.70. The molecule has 24 heavy (non-hydrogen) atoms. The lowest BCUT2D eigenvalue weighted by Gasteiger charge is -2.34. The van der Waals surface area contributed by atoms with E-state index in [1.54, 1.807) is 18.2 Å². The maximum Gasteiger partial charge on any atom is 0.329 e. The number of benzene rings is 1. The molecule has 1 aliphatic carbocycles. The molecule has 0 aliphatic heterocycles. The molecule has 0 bridgehead atoms. The first-order chi connectivity index (χ1) is 11.4. The van der Waals surface area contributed by atoms with E-state index in [1.165, 1.54) is 7.11 Å². The highest BCUT2D eigenvalue weighted by atomic mass is 16.5. The molecular weight excluding hydrogens is 310 g/mol. The second kappa shape index (κ2) is 7.55. The summed E-state index contributed by atoms with van der Waals surface area (Å²) in [5, 5.41) is 12.3. The molecule has 0 unspecified atom stereocenters. The van der Waals surface area contributed by atoms with Gasteiger partial charge in [0.1, 0.15) is 5.54 Å². The summed E-state index contributed by atoms with van der Waals surface area (Å²) in [5.74, 6) is -0.380. The number of rotatable bonds is 6. The standard InChI is InChI=1S/C18H25NO5/c1-12(2)24-14-8-7-13(11-15(14)23-3)16(20)19-18(17(21)22)9-5-4-6-10-18/h7-8,11-12H,4-6,9-10H2,1-3H3,(H,19,20)(H,21,22). The molecule has 0 atom stereocenters. The third-order valence-electron chi connectivity index (χ3n) is 4.26. The molecule has 0 heterocycles. The van der Waals surface area contributed by atoms with Crippen LogP contribution in [0.15, 0.2) is 18.2 Å². The molecule has 6 nitrogen and oxygen atoms in total. The molecule has 1 amide bonds.